The molecule has 0 fully saturated rings. The van der Waals surface area contributed by atoms with Crippen LogP contribution in [0.3, 0.4) is 0 Å². The summed E-state index contributed by atoms with van der Waals surface area (Å²) in [6.07, 6.45) is 1.60. The molecule has 1 heterocycles. The Morgan fingerprint density at radius 1 is 1.31 bits per heavy atom. The number of sulfone groups is 1. The first-order valence-corrected chi connectivity index (χ1v) is 6.72. The fourth-order valence-corrected chi connectivity index (χ4v) is 3.32. The first kappa shape index (κ1) is 11.4. The largest absolute Gasteiger partial charge is 0.291 e. The summed E-state index contributed by atoms with van der Waals surface area (Å²) in [6.45, 7) is 1.81. The number of hydrogen-bond acceptors (Lipinski definition) is 4. The van der Waals surface area contributed by atoms with Crippen molar-refractivity contribution in [2.75, 3.05) is 0 Å². The molecule has 0 saturated heterocycles. The Hall–Kier alpha value is -1.07. The fraction of sp³-hybridized carbons (Fsp3) is 0.300. The molecular weight excluding hydrogens is 248 g/mol. The molecule has 2 atom stereocenters. The van der Waals surface area contributed by atoms with Gasteiger partial charge in [0.2, 0.25) is 9.84 Å². The van der Waals surface area contributed by atoms with Crippen LogP contribution in [0.25, 0.3) is 0 Å². The highest BCUT2D eigenvalue weighted by Crippen LogP contribution is 2.22. The highest BCUT2D eigenvalue weighted by molar-refractivity contribution is 7.92. The number of hydrogen-bond donors (Lipinski definition) is 1. The number of rotatable bonds is 2. The van der Waals surface area contributed by atoms with Crippen LogP contribution in [0.2, 0.25) is 5.02 Å². The van der Waals surface area contributed by atoms with E-state index in [0.29, 0.717) is 5.02 Å². The van der Waals surface area contributed by atoms with Gasteiger partial charge in [0.05, 0.1) is 4.90 Å². The van der Waals surface area contributed by atoms with Crippen LogP contribution in [0.5, 0.6) is 0 Å². The molecule has 2 rings (SSSR count). The van der Waals surface area contributed by atoms with E-state index in [1.807, 2.05) is 6.92 Å². The van der Waals surface area contributed by atoms with Crippen molar-refractivity contribution in [1.29, 1.82) is 0 Å². The SMILES string of the molecule is CC1C=NNC1S(=O)(=O)c1ccc(Cl)cc1. The molecule has 0 bridgehead atoms. The second kappa shape index (κ2) is 4.07. The zero-order valence-corrected chi connectivity index (χ0v) is 10.2. The lowest BCUT2D eigenvalue weighted by atomic mass is 10.2. The Bertz CT molecular complexity index is 510. The lowest BCUT2D eigenvalue weighted by molar-refractivity contribution is 0.543. The number of hydrazone groups is 1. The van der Waals surface area contributed by atoms with E-state index in [9.17, 15) is 8.42 Å². The predicted octanol–water partition coefficient (Wildman–Crippen LogP) is 1.66. The van der Waals surface area contributed by atoms with Gasteiger partial charge in [-0.3, -0.25) is 5.43 Å². The third-order valence-electron chi connectivity index (χ3n) is 2.47. The van der Waals surface area contributed by atoms with E-state index >= 15 is 0 Å². The van der Waals surface area contributed by atoms with Gasteiger partial charge in [-0.1, -0.05) is 18.5 Å². The van der Waals surface area contributed by atoms with Gasteiger partial charge in [0.25, 0.3) is 0 Å². The van der Waals surface area contributed by atoms with Crippen LogP contribution < -0.4 is 5.43 Å². The van der Waals surface area contributed by atoms with Gasteiger partial charge in [-0.25, -0.2) is 8.42 Å². The maximum Gasteiger partial charge on any atom is 0.201 e. The number of nitrogens with one attached hydrogen (secondary N) is 1. The van der Waals surface area contributed by atoms with Crippen LogP contribution in [-0.2, 0) is 9.84 Å². The summed E-state index contributed by atoms with van der Waals surface area (Å²) in [7, 11) is -3.40. The van der Waals surface area contributed by atoms with Gasteiger partial charge in [-0.15, -0.1) is 0 Å². The second-order valence-electron chi connectivity index (χ2n) is 3.69. The summed E-state index contributed by atoms with van der Waals surface area (Å²) in [4.78, 5) is 0.256. The highest BCUT2D eigenvalue weighted by atomic mass is 35.5. The molecule has 0 spiro atoms. The molecule has 0 aromatic heterocycles. The zero-order chi connectivity index (χ0) is 11.8. The Kier molecular flexibility index (Phi) is 2.90. The van der Waals surface area contributed by atoms with Gasteiger partial charge in [-0.2, -0.15) is 5.10 Å². The van der Waals surface area contributed by atoms with Crippen molar-refractivity contribution in [2.24, 2.45) is 11.0 Å². The monoisotopic (exact) mass is 258 g/mol. The average Bonchev–Trinajstić information content (AvgIpc) is 2.66. The van der Waals surface area contributed by atoms with Crippen molar-refractivity contribution < 1.29 is 8.42 Å². The summed E-state index contributed by atoms with van der Waals surface area (Å²) < 4.78 is 24.3. The molecule has 0 radical (unpaired) electrons. The van der Waals surface area contributed by atoms with E-state index in [1.54, 1.807) is 18.3 Å². The standard InChI is InChI=1S/C10H11ClN2O2S/c1-7-6-12-13-10(7)16(14,15)9-4-2-8(11)3-5-9/h2-7,10,13H,1H3. The molecule has 0 saturated carbocycles. The van der Waals surface area contributed by atoms with Crippen LogP contribution in [0.15, 0.2) is 34.3 Å². The van der Waals surface area contributed by atoms with Crippen molar-refractivity contribution in [3.63, 3.8) is 0 Å². The molecule has 4 nitrogen and oxygen atoms in total. The first-order chi connectivity index (χ1) is 7.51. The minimum absolute atomic E-state index is 0.138. The van der Waals surface area contributed by atoms with Crippen LogP contribution >= 0.6 is 11.6 Å². The van der Waals surface area contributed by atoms with Crippen molar-refractivity contribution in [1.82, 2.24) is 5.43 Å². The zero-order valence-electron chi connectivity index (χ0n) is 8.59. The van der Waals surface area contributed by atoms with E-state index in [0.717, 1.165) is 0 Å². The minimum Gasteiger partial charge on any atom is -0.291 e. The van der Waals surface area contributed by atoms with Gasteiger partial charge in [0.15, 0.2) is 5.37 Å². The quantitative estimate of drug-likeness (QED) is 0.878. The van der Waals surface area contributed by atoms with Crippen molar-refractivity contribution >= 4 is 27.7 Å². The highest BCUT2D eigenvalue weighted by Gasteiger charge is 2.34. The van der Waals surface area contributed by atoms with Crippen molar-refractivity contribution in [3.05, 3.63) is 29.3 Å². The topological polar surface area (TPSA) is 58.5 Å². The van der Waals surface area contributed by atoms with Crippen molar-refractivity contribution in [3.8, 4) is 0 Å². The lowest BCUT2D eigenvalue weighted by Crippen LogP contribution is -2.34. The average molecular weight is 259 g/mol. The maximum atomic E-state index is 12.2. The predicted molar refractivity (Wildman–Crippen MR) is 63.2 cm³/mol. The van der Waals surface area contributed by atoms with Gasteiger partial charge in [0, 0.05) is 17.2 Å². The summed E-state index contributed by atoms with van der Waals surface area (Å²) in [5.74, 6) is -0.138. The molecule has 0 aliphatic carbocycles. The molecule has 16 heavy (non-hydrogen) atoms. The Balaban J connectivity index is 2.36. The van der Waals surface area contributed by atoms with E-state index in [4.69, 9.17) is 11.6 Å². The number of halogens is 1. The molecular formula is C10H11ClN2O2S. The first-order valence-electron chi connectivity index (χ1n) is 4.80. The van der Waals surface area contributed by atoms with Crippen LogP contribution in [0, 0.1) is 5.92 Å². The molecule has 0 amide bonds. The smallest absolute Gasteiger partial charge is 0.201 e. The van der Waals surface area contributed by atoms with Crippen LogP contribution in [-0.4, -0.2) is 20.0 Å². The van der Waals surface area contributed by atoms with Gasteiger partial charge in [0.1, 0.15) is 0 Å². The molecule has 6 heteroatoms. The molecule has 1 aliphatic heterocycles. The van der Waals surface area contributed by atoms with E-state index in [-0.39, 0.29) is 10.8 Å². The molecule has 1 aromatic rings. The van der Waals surface area contributed by atoms with E-state index < -0.39 is 15.2 Å². The molecule has 1 N–H and O–H groups in total. The normalized spacial score (nSPS) is 24.4. The third kappa shape index (κ3) is 1.92. The maximum absolute atomic E-state index is 12.2. The third-order valence-corrected chi connectivity index (χ3v) is 4.85. The van der Waals surface area contributed by atoms with Crippen LogP contribution in [0.1, 0.15) is 6.92 Å². The van der Waals surface area contributed by atoms with Gasteiger partial charge < -0.3 is 0 Å². The molecule has 86 valence electrons. The second-order valence-corrected chi connectivity index (χ2v) is 6.19. The number of nitrogens with zero attached hydrogens (tertiary/aromatic N) is 1. The van der Waals surface area contributed by atoms with Gasteiger partial charge in [-0.05, 0) is 24.3 Å². The molecule has 2 unspecified atom stereocenters. The van der Waals surface area contributed by atoms with Crippen LogP contribution in [0.4, 0.5) is 0 Å². The summed E-state index contributed by atoms with van der Waals surface area (Å²) >= 11 is 5.71. The Morgan fingerprint density at radius 3 is 2.44 bits per heavy atom. The molecule has 1 aromatic carbocycles. The van der Waals surface area contributed by atoms with Crippen molar-refractivity contribution in [2.45, 2.75) is 17.2 Å². The lowest BCUT2D eigenvalue weighted by Gasteiger charge is -2.15. The summed E-state index contributed by atoms with van der Waals surface area (Å²) in [5.41, 5.74) is 2.61. The van der Waals surface area contributed by atoms with E-state index in [2.05, 4.69) is 10.5 Å². The fourth-order valence-electron chi connectivity index (χ4n) is 1.55. The Labute approximate surface area is 99.2 Å². The number of benzene rings is 1. The Morgan fingerprint density at radius 2 is 1.94 bits per heavy atom. The van der Waals surface area contributed by atoms with Gasteiger partial charge >= 0.3 is 0 Å². The van der Waals surface area contributed by atoms with E-state index in [1.165, 1.54) is 12.1 Å². The summed E-state index contributed by atoms with van der Waals surface area (Å²) in [6, 6.07) is 6.14. The minimum atomic E-state index is -3.40. The molecule has 1 aliphatic rings. The summed E-state index contributed by atoms with van der Waals surface area (Å²) in [5, 5.41) is 3.60.